The summed E-state index contributed by atoms with van der Waals surface area (Å²) in [7, 11) is 0. The highest BCUT2D eigenvalue weighted by atomic mass is 16.5. The third kappa shape index (κ3) is 4.72. The maximum Gasteiger partial charge on any atom is 0.129 e. The molecule has 0 amide bonds. The normalized spacial score (nSPS) is 12.4. The lowest BCUT2D eigenvalue weighted by atomic mass is 10.1. The smallest absolute Gasteiger partial charge is 0.129 e. The Bertz CT molecular complexity index is 479. The van der Waals surface area contributed by atoms with Crippen molar-refractivity contribution in [1.82, 2.24) is 5.32 Å². The van der Waals surface area contributed by atoms with E-state index in [1.165, 1.54) is 5.56 Å². The Morgan fingerprint density at radius 2 is 2.05 bits per heavy atom. The Balaban J connectivity index is 1.57. The summed E-state index contributed by atoms with van der Waals surface area (Å²) in [6, 6.07) is 11.3. The lowest BCUT2D eigenvalue weighted by Gasteiger charge is -2.14. The molecular formula is C16H21NO3. The summed E-state index contributed by atoms with van der Waals surface area (Å²) in [5.74, 6) is 1.16. The van der Waals surface area contributed by atoms with Crippen molar-refractivity contribution in [2.24, 2.45) is 0 Å². The van der Waals surface area contributed by atoms with Crippen molar-refractivity contribution in [2.45, 2.75) is 26.0 Å². The van der Waals surface area contributed by atoms with E-state index in [1.54, 1.807) is 18.4 Å². The van der Waals surface area contributed by atoms with E-state index >= 15 is 0 Å². The monoisotopic (exact) mass is 275 g/mol. The average molecular weight is 275 g/mol. The fraction of sp³-hybridized carbons (Fsp3) is 0.375. The molecule has 0 radical (unpaired) electrons. The summed E-state index contributed by atoms with van der Waals surface area (Å²) < 4.78 is 10.7. The molecule has 2 N–H and O–H groups in total. The molecule has 0 fully saturated rings. The fourth-order valence-electron chi connectivity index (χ4n) is 1.94. The van der Waals surface area contributed by atoms with Gasteiger partial charge in [-0.05, 0) is 49.7 Å². The molecule has 4 heteroatoms. The van der Waals surface area contributed by atoms with Gasteiger partial charge in [0.1, 0.15) is 18.1 Å². The molecule has 0 spiro atoms. The molecule has 1 unspecified atom stereocenters. The van der Waals surface area contributed by atoms with Crippen LogP contribution in [0.3, 0.4) is 0 Å². The summed E-state index contributed by atoms with van der Waals surface area (Å²) in [4.78, 5) is 0. The van der Waals surface area contributed by atoms with Crippen molar-refractivity contribution in [2.75, 3.05) is 13.2 Å². The third-order valence-electron chi connectivity index (χ3n) is 3.13. The number of ether oxygens (including phenoxy) is 1. The topological polar surface area (TPSA) is 54.6 Å². The minimum atomic E-state index is 0.265. The molecule has 0 aliphatic rings. The molecule has 0 saturated heterocycles. The number of nitrogens with one attached hydrogen (secondary N) is 1. The SMILES string of the molecule is CC(NCCCOCc1ccco1)c1ccc(O)cc1. The first kappa shape index (κ1) is 14.6. The van der Waals surface area contributed by atoms with Gasteiger partial charge in [0.05, 0.1) is 6.26 Å². The number of aromatic hydroxyl groups is 1. The van der Waals surface area contributed by atoms with Crippen molar-refractivity contribution in [3.63, 3.8) is 0 Å². The Morgan fingerprint density at radius 3 is 2.75 bits per heavy atom. The maximum absolute atomic E-state index is 9.25. The van der Waals surface area contributed by atoms with Crippen molar-refractivity contribution in [3.05, 3.63) is 54.0 Å². The second-order valence-electron chi connectivity index (χ2n) is 4.75. The summed E-state index contributed by atoms with van der Waals surface area (Å²) >= 11 is 0. The van der Waals surface area contributed by atoms with Crippen LogP contribution in [0.5, 0.6) is 5.75 Å². The molecule has 4 nitrogen and oxygen atoms in total. The van der Waals surface area contributed by atoms with E-state index in [1.807, 2.05) is 24.3 Å². The minimum Gasteiger partial charge on any atom is -0.508 e. The number of phenolic OH excluding ortho intramolecular Hbond substituents is 1. The van der Waals surface area contributed by atoms with Crippen molar-refractivity contribution in [3.8, 4) is 5.75 Å². The minimum absolute atomic E-state index is 0.265. The van der Waals surface area contributed by atoms with Crippen LogP contribution in [-0.2, 0) is 11.3 Å². The Kier molecular flexibility index (Phi) is 5.65. The van der Waals surface area contributed by atoms with E-state index in [4.69, 9.17) is 9.15 Å². The van der Waals surface area contributed by atoms with Crippen LogP contribution in [0.1, 0.15) is 30.7 Å². The number of hydrogen-bond acceptors (Lipinski definition) is 4. The van der Waals surface area contributed by atoms with E-state index in [0.29, 0.717) is 19.0 Å². The second kappa shape index (κ2) is 7.72. The summed E-state index contributed by atoms with van der Waals surface area (Å²) in [5, 5.41) is 12.7. The van der Waals surface area contributed by atoms with Crippen molar-refractivity contribution in [1.29, 1.82) is 0 Å². The Morgan fingerprint density at radius 1 is 1.25 bits per heavy atom. The van der Waals surface area contributed by atoms with Gasteiger partial charge < -0.3 is 19.6 Å². The second-order valence-corrected chi connectivity index (χ2v) is 4.75. The number of hydrogen-bond donors (Lipinski definition) is 2. The molecule has 2 rings (SSSR count). The highest BCUT2D eigenvalue weighted by Gasteiger charge is 2.04. The van der Waals surface area contributed by atoms with E-state index in [9.17, 15) is 5.11 Å². The van der Waals surface area contributed by atoms with Gasteiger partial charge in [-0.25, -0.2) is 0 Å². The van der Waals surface area contributed by atoms with Gasteiger partial charge in [-0.3, -0.25) is 0 Å². The predicted octanol–water partition coefficient (Wildman–Crippen LogP) is 3.24. The number of phenols is 1. The summed E-state index contributed by atoms with van der Waals surface area (Å²) in [5.41, 5.74) is 1.17. The first-order valence-corrected chi connectivity index (χ1v) is 6.88. The van der Waals surface area contributed by atoms with E-state index in [0.717, 1.165) is 18.7 Å². The highest BCUT2D eigenvalue weighted by molar-refractivity contribution is 5.27. The first-order chi connectivity index (χ1) is 9.75. The molecule has 0 aliphatic carbocycles. The third-order valence-corrected chi connectivity index (χ3v) is 3.13. The Hall–Kier alpha value is -1.78. The quantitative estimate of drug-likeness (QED) is 0.726. The molecule has 1 heterocycles. The maximum atomic E-state index is 9.25. The van der Waals surface area contributed by atoms with Gasteiger partial charge in [0.2, 0.25) is 0 Å². The Labute approximate surface area is 119 Å². The van der Waals surface area contributed by atoms with Crippen LogP contribution < -0.4 is 5.32 Å². The fourth-order valence-corrected chi connectivity index (χ4v) is 1.94. The van der Waals surface area contributed by atoms with Crippen LogP contribution in [0.15, 0.2) is 47.1 Å². The number of rotatable bonds is 8. The molecule has 0 saturated carbocycles. The average Bonchev–Trinajstić information content (AvgIpc) is 2.96. The van der Waals surface area contributed by atoms with Gasteiger partial charge in [0, 0.05) is 12.6 Å². The molecule has 108 valence electrons. The van der Waals surface area contributed by atoms with Crippen LogP contribution in [0, 0.1) is 0 Å². The van der Waals surface area contributed by atoms with Crippen LogP contribution in [0.2, 0.25) is 0 Å². The van der Waals surface area contributed by atoms with Gasteiger partial charge in [0.25, 0.3) is 0 Å². The largest absolute Gasteiger partial charge is 0.508 e. The molecule has 0 aliphatic heterocycles. The first-order valence-electron chi connectivity index (χ1n) is 6.88. The van der Waals surface area contributed by atoms with Crippen molar-refractivity contribution >= 4 is 0 Å². The zero-order valence-electron chi connectivity index (χ0n) is 11.7. The van der Waals surface area contributed by atoms with Crippen LogP contribution in [0.4, 0.5) is 0 Å². The zero-order chi connectivity index (χ0) is 14.2. The molecule has 2 aromatic rings. The van der Waals surface area contributed by atoms with Gasteiger partial charge in [-0.2, -0.15) is 0 Å². The number of furan rings is 1. The van der Waals surface area contributed by atoms with E-state index in [-0.39, 0.29) is 6.04 Å². The van der Waals surface area contributed by atoms with Gasteiger partial charge in [-0.1, -0.05) is 12.1 Å². The number of benzene rings is 1. The van der Waals surface area contributed by atoms with E-state index in [2.05, 4.69) is 12.2 Å². The van der Waals surface area contributed by atoms with Crippen LogP contribution in [-0.4, -0.2) is 18.3 Å². The van der Waals surface area contributed by atoms with Gasteiger partial charge >= 0.3 is 0 Å². The standard InChI is InChI=1S/C16H21NO3/c1-13(14-5-7-15(18)8-6-14)17-9-3-10-19-12-16-4-2-11-20-16/h2,4-8,11,13,17-18H,3,9-10,12H2,1H3. The molecule has 0 bridgehead atoms. The highest BCUT2D eigenvalue weighted by Crippen LogP contribution is 2.16. The molecule has 1 atom stereocenters. The van der Waals surface area contributed by atoms with Gasteiger partial charge in [-0.15, -0.1) is 0 Å². The summed E-state index contributed by atoms with van der Waals surface area (Å²) in [6.45, 7) is 4.23. The lowest BCUT2D eigenvalue weighted by Crippen LogP contribution is -2.20. The van der Waals surface area contributed by atoms with Crippen molar-refractivity contribution < 1.29 is 14.3 Å². The summed E-state index contributed by atoms with van der Waals surface area (Å²) in [6.07, 6.45) is 2.60. The lowest BCUT2D eigenvalue weighted by molar-refractivity contribution is 0.104. The van der Waals surface area contributed by atoms with Crippen LogP contribution in [0.25, 0.3) is 0 Å². The zero-order valence-corrected chi connectivity index (χ0v) is 11.7. The predicted molar refractivity (Wildman–Crippen MR) is 77.5 cm³/mol. The molecule has 20 heavy (non-hydrogen) atoms. The molecular weight excluding hydrogens is 254 g/mol. The van der Waals surface area contributed by atoms with Gasteiger partial charge in [0.15, 0.2) is 0 Å². The molecule has 1 aromatic carbocycles. The molecule has 1 aromatic heterocycles. The van der Waals surface area contributed by atoms with E-state index < -0.39 is 0 Å². The van der Waals surface area contributed by atoms with Crippen LogP contribution >= 0.6 is 0 Å².